The number of benzene rings is 1. The number of para-hydroxylation sites is 1. The molecule has 1 aromatic carbocycles. The third kappa shape index (κ3) is 8.22. The smallest absolute Gasteiger partial charge is 0.404 e. The van der Waals surface area contributed by atoms with E-state index in [-0.39, 0.29) is 5.75 Å². The van der Waals surface area contributed by atoms with Gasteiger partial charge in [-0.05, 0) is 24.5 Å². The van der Waals surface area contributed by atoms with Gasteiger partial charge >= 0.3 is 23.5 Å². The molecule has 0 spiro atoms. The van der Waals surface area contributed by atoms with E-state index in [9.17, 15) is 18.6 Å². The molecule has 0 saturated heterocycles. The van der Waals surface area contributed by atoms with Crippen molar-refractivity contribution >= 4 is 23.5 Å². The monoisotopic (exact) mass is 390 g/mol. The van der Waals surface area contributed by atoms with Gasteiger partial charge < -0.3 is 19.2 Å². The minimum Gasteiger partial charge on any atom is -0.404 e. The van der Waals surface area contributed by atoms with E-state index in [2.05, 4.69) is 8.62 Å². The Bertz CT molecular complexity index is 669. The minimum atomic E-state index is -5.51. The molecule has 0 bridgehead atoms. The molecule has 0 aliphatic heterocycles. The van der Waals surface area contributed by atoms with Crippen LogP contribution < -0.4 is 4.52 Å². The van der Waals surface area contributed by atoms with Crippen molar-refractivity contribution in [3.8, 4) is 5.75 Å². The second-order valence-electron chi connectivity index (χ2n) is 4.39. The van der Waals surface area contributed by atoms with E-state index >= 15 is 0 Å². The maximum Gasteiger partial charge on any atom is 0.536 e. The van der Waals surface area contributed by atoms with Gasteiger partial charge in [0.2, 0.25) is 0 Å². The zero-order chi connectivity index (χ0) is 17.7. The van der Waals surface area contributed by atoms with Gasteiger partial charge in [-0.15, -0.1) is 0 Å². The van der Waals surface area contributed by atoms with Crippen LogP contribution in [0.5, 0.6) is 5.75 Å². The number of aryl methyl sites for hydroxylation is 1. The normalized spacial score (nSPS) is 17.3. The van der Waals surface area contributed by atoms with Crippen molar-refractivity contribution in [1.29, 1.82) is 0 Å². The van der Waals surface area contributed by atoms with Gasteiger partial charge in [0.1, 0.15) is 5.75 Å². The summed E-state index contributed by atoms with van der Waals surface area (Å²) in [6, 6.07) is 6.17. The third-order valence-corrected chi connectivity index (χ3v) is 6.16. The fraction of sp³-hybridized carbons (Fsp3) is 0.400. The van der Waals surface area contributed by atoms with Gasteiger partial charge in [0.05, 0.1) is 0 Å². The highest BCUT2D eigenvalue weighted by molar-refractivity contribution is 7.66. The van der Waals surface area contributed by atoms with Gasteiger partial charge in [0, 0.05) is 0 Å². The molecule has 0 amide bonds. The summed E-state index contributed by atoms with van der Waals surface area (Å²) in [4.78, 5) is 35.5. The number of unbranched alkanes of at least 4 members (excludes halogenated alkanes) is 1. The van der Waals surface area contributed by atoms with E-state index in [1.54, 1.807) is 12.1 Å². The van der Waals surface area contributed by atoms with Crippen LogP contribution in [0.1, 0.15) is 25.3 Å². The van der Waals surface area contributed by atoms with Crippen molar-refractivity contribution in [2.24, 2.45) is 0 Å². The Kier molecular flexibility index (Phi) is 7.16. The Morgan fingerprint density at radius 3 is 2.13 bits per heavy atom. The Balaban J connectivity index is 2.89. The second-order valence-corrected chi connectivity index (χ2v) is 8.74. The fourth-order valence-electron chi connectivity index (χ4n) is 1.59. The zero-order valence-electron chi connectivity index (χ0n) is 12.0. The molecule has 13 heteroatoms. The van der Waals surface area contributed by atoms with Crippen LogP contribution in [0.4, 0.5) is 0 Å². The first kappa shape index (κ1) is 20.5. The lowest BCUT2D eigenvalue weighted by Gasteiger charge is -2.18. The lowest BCUT2D eigenvalue weighted by atomic mass is 10.1. The van der Waals surface area contributed by atoms with E-state index < -0.39 is 23.5 Å². The first-order valence-electron chi connectivity index (χ1n) is 6.35. The van der Waals surface area contributed by atoms with Crippen molar-refractivity contribution in [2.75, 3.05) is 0 Å². The van der Waals surface area contributed by atoms with Crippen LogP contribution in [0.2, 0.25) is 0 Å². The molecule has 10 nitrogen and oxygen atoms in total. The SMILES string of the molecule is CCCCc1ccccc1OP(=O)(O)OP(=O)(O)OP(=O)(O)O. The number of hydrogen-bond donors (Lipinski definition) is 4. The second kappa shape index (κ2) is 8.03. The van der Waals surface area contributed by atoms with Crippen molar-refractivity contribution in [1.82, 2.24) is 0 Å². The van der Waals surface area contributed by atoms with Gasteiger partial charge in [-0.25, -0.2) is 13.7 Å². The summed E-state index contributed by atoms with van der Waals surface area (Å²) < 4.78 is 45.6. The van der Waals surface area contributed by atoms with E-state index in [0.717, 1.165) is 12.8 Å². The van der Waals surface area contributed by atoms with Crippen LogP contribution in [-0.2, 0) is 28.7 Å². The van der Waals surface area contributed by atoms with Crippen molar-refractivity contribution < 1.29 is 46.4 Å². The Morgan fingerprint density at radius 1 is 0.957 bits per heavy atom. The number of phosphoric ester groups is 1. The zero-order valence-corrected chi connectivity index (χ0v) is 14.7. The predicted octanol–water partition coefficient (Wildman–Crippen LogP) is 2.73. The summed E-state index contributed by atoms with van der Waals surface area (Å²) >= 11 is 0. The highest BCUT2D eigenvalue weighted by atomic mass is 31.3. The van der Waals surface area contributed by atoms with Crippen LogP contribution in [0.25, 0.3) is 0 Å². The number of phosphoric acid groups is 3. The average Bonchev–Trinajstić information content (AvgIpc) is 2.32. The molecule has 2 atom stereocenters. The number of rotatable bonds is 9. The summed E-state index contributed by atoms with van der Waals surface area (Å²) in [5, 5.41) is 0. The maximum atomic E-state index is 11.8. The molecular weight excluding hydrogens is 373 g/mol. The molecule has 4 N–H and O–H groups in total. The quantitative estimate of drug-likeness (QED) is 0.462. The van der Waals surface area contributed by atoms with E-state index in [4.69, 9.17) is 19.2 Å². The molecule has 0 aromatic heterocycles. The van der Waals surface area contributed by atoms with Gasteiger partial charge in [-0.1, -0.05) is 31.5 Å². The van der Waals surface area contributed by atoms with Crippen LogP contribution in [0.3, 0.4) is 0 Å². The highest BCUT2D eigenvalue weighted by Crippen LogP contribution is 2.66. The first-order chi connectivity index (χ1) is 10.4. The molecule has 0 saturated carbocycles. The van der Waals surface area contributed by atoms with Crippen molar-refractivity contribution in [3.63, 3.8) is 0 Å². The predicted molar refractivity (Wildman–Crippen MR) is 79.5 cm³/mol. The van der Waals surface area contributed by atoms with Crippen LogP contribution >= 0.6 is 23.5 Å². The highest BCUT2D eigenvalue weighted by Gasteiger charge is 2.41. The Labute approximate surface area is 132 Å². The summed E-state index contributed by atoms with van der Waals surface area (Å²) in [7, 11) is -16.1. The van der Waals surface area contributed by atoms with Crippen LogP contribution in [0.15, 0.2) is 24.3 Å². The van der Waals surface area contributed by atoms with Gasteiger partial charge in [-0.2, -0.15) is 8.62 Å². The Morgan fingerprint density at radius 2 is 1.57 bits per heavy atom. The van der Waals surface area contributed by atoms with Crippen LogP contribution in [-0.4, -0.2) is 19.6 Å². The summed E-state index contributed by atoms with van der Waals surface area (Å²) in [6.07, 6.45) is 2.17. The molecular formula is C10H17O10P3. The summed E-state index contributed by atoms with van der Waals surface area (Å²) in [5.41, 5.74) is 0.566. The standard InChI is InChI=1S/C10H17O10P3/c1-2-3-6-9-7-4-5-8-10(9)18-22(14,15)20-23(16,17)19-21(11,12)13/h4-5,7-8H,2-3,6H2,1H3,(H,14,15)(H,16,17)(H2,11,12,13). The molecule has 132 valence electrons. The van der Waals surface area contributed by atoms with Crippen molar-refractivity contribution in [2.45, 2.75) is 26.2 Å². The average molecular weight is 390 g/mol. The van der Waals surface area contributed by atoms with Gasteiger partial charge in [0.15, 0.2) is 0 Å². The first-order valence-corrected chi connectivity index (χ1v) is 10.9. The van der Waals surface area contributed by atoms with E-state index in [1.807, 2.05) is 6.92 Å². The van der Waals surface area contributed by atoms with E-state index in [0.29, 0.717) is 12.0 Å². The molecule has 0 radical (unpaired) electrons. The molecule has 23 heavy (non-hydrogen) atoms. The molecule has 2 unspecified atom stereocenters. The third-order valence-electron chi connectivity index (χ3n) is 2.40. The minimum absolute atomic E-state index is 0.0528. The molecule has 0 heterocycles. The summed E-state index contributed by atoms with van der Waals surface area (Å²) in [6.45, 7) is 1.95. The number of hydrogen-bond acceptors (Lipinski definition) is 6. The van der Waals surface area contributed by atoms with Crippen molar-refractivity contribution in [3.05, 3.63) is 29.8 Å². The maximum absolute atomic E-state index is 11.8. The molecule has 0 aliphatic carbocycles. The largest absolute Gasteiger partial charge is 0.536 e. The summed E-state index contributed by atoms with van der Waals surface area (Å²) in [5.74, 6) is -0.0528. The fourth-order valence-corrected chi connectivity index (χ4v) is 4.65. The molecule has 0 fully saturated rings. The van der Waals surface area contributed by atoms with Gasteiger partial charge in [0.25, 0.3) is 0 Å². The molecule has 1 aromatic rings. The van der Waals surface area contributed by atoms with Crippen LogP contribution in [0, 0.1) is 0 Å². The lowest BCUT2D eigenvalue weighted by Crippen LogP contribution is -2.00. The Hall–Kier alpha value is -0.530. The van der Waals surface area contributed by atoms with E-state index in [1.165, 1.54) is 12.1 Å². The lowest BCUT2D eigenvalue weighted by molar-refractivity contribution is 0.206. The topological polar surface area (TPSA) is 160 Å². The van der Waals surface area contributed by atoms with Gasteiger partial charge in [-0.3, -0.25) is 4.89 Å². The molecule has 0 aliphatic rings. The molecule has 1 rings (SSSR count).